The lowest BCUT2D eigenvalue weighted by atomic mass is 10.2. The second-order valence-electron chi connectivity index (χ2n) is 6.47. The Balaban J connectivity index is 1.44. The molecule has 0 radical (unpaired) electrons. The first-order chi connectivity index (χ1) is 15.6. The minimum absolute atomic E-state index is 0.205. The molecule has 0 heterocycles. The fourth-order valence-electron chi connectivity index (χ4n) is 2.59. The number of amides is 1. The standard InChI is InChI=1S/C25H22N2O5/c1-30-22-9-5-6-10-23(22)31-18-24(28)27-26-17-20-11-14-21(15-12-20)32-25(29)16-13-19-7-3-2-4-8-19/h2-17H,18H2,1H3,(H,27,28). The molecular weight excluding hydrogens is 408 g/mol. The highest BCUT2D eigenvalue weighted by molar-refractivity contribution is 5.89. The fraction of sp³-hybridized carbons (Fsp3) is 0.0800. The number of carbonyl (C=O) groups excluding carboxylic acids is 2. The molecule has 0 aliphatic rings. The van der Waals surface area contributed by atoms with Crippen molar-refractivity contribution >= 4 is 24.2 Å². The van der Waals surface area contributed by atoms with E-state index >= 15 is 0 Å². The van der Waals surface area contributed by atoms with E-state index in [1.165, 1.54) is 19.4 Å². The lowest BCUT2D eigenvalue weighted by molar-refractivity contribution is -0.129. The Morgan fingerprint density at radius 2 is 1.56 bits per heavy atom. The van der Waals surface area contributed by atoms with Crippen LogP contribution in [0.3, 0.4) is 0 Å². The zero-order valence-corrected chi connectivity index (χ0v) is 17.4. The van der Waals surface area contributed by atoms with E-state index in [0.29, 0.717) is 17.2 Å². The smallest absolute Gasteiger partial charge is 0.336 e. The van der Waals surface area contributed by atoms with Gasteiger partial charge in [-0.15, -0.1) is 0 Å². The van der Waals surface area contributed by atoms with E-state index in [4.69, 9.17) is 14.2 Å². The van der Waals surface area contributed by atoms with Crippen molar-refractivity contribution < 1.29 is 23.8 Å². The van der Waals surface area contributed by atoms with Gasteiger partial charge < -0.3 is 14.2 Å². The Morgan fingerprint density at radius 3 is 2.28 bits per heavy atom. The summed E-state index contributed by atoms with van der Waals surface area (Å²) in [6.45, 7) is -0.205. The van der Waals surface area contributed by atoms with Crippen LogP contribution in [-0.2, 0) is 9.59 Å². The number of carbonyl (C=O) groups is 2. The van der Waals surface area contributed by atoms with Gasteiger partial charge in [-0.3, -0.25) is 4.79 Å². The van der Waals surface area contributed by atoms with Crippen LogP contribution in [0, 0.1) is 0 Å². The van der Waals surface area contributed by atoms with Gasteiger partial charge in [0, 0.05) is 6.08 Å². The van der Waals surface area contributed by atoms with Gasteiger partial charge in [-0.25, -0.2) is 10.2 Å². The Bertz CT molecular complexity index is 1090. The maximum Gasteiger partial charge on any atom is 0.336 e. The van der Waals surface area contributed by atoms with Crippen molar-refractivity contribution in [1.82, 2.24) is 5.43 Å². The van der Waals surface area contributed by atoms with Crippen molar-refractivity contribution in [2.75, 3.05) is 13.7 Å². The van der Waals surface area contributed by atoms with Gasteiger partial charge in [0.2, 0.25) is 0 Å². The van der Waals surface area contributed by atoms with Crippen LogP contribution in [0.4, 0.5) is 0 Å². The SMILES string of the molecule is COc1ccccc1OCC(=O)NN=Cc1ccc(OC(=O)C=Cc2ccccc2)cc1. The van der Waals surface area contributed by atoms with Gasteiger partial charge in [-0.1, -0.05) is 42.5 Å². The predicted octanol–water partition coefficient (Wildman–Crippen LogP) is 3.84. The predicted molar refractivity (Wildman–Crippen MR) is 122 cm³/mol. The lowest BCUT2D eigenvalue weighted by Gasteiger charge is -2.09. The quantitative estimate of drug-likeness (QED) is 0.183. The molecule has 0 spiro atoms. The van der Waals surface area contributed by atoms with Gasteiger partial charge in [-0.05, 0) is 53.6 Å². The van der Waals surface area contributed by atoms with Crippen molar-refractivity contribution in [3.63, 3.8) is 0 Å². The van der Waals surface area contributed by atoms with Crippen molar-refractivity contribution in [2.45, 2.75) is 0 Å². The maximum atomic E-state index is 11.9. The zero-order valence-electron chi connectivity index (χ0n) is 17.4. The highest BCUT2D eigenvalue weighted by Crippen LogP contribution is 2.25. The Kier molecular flexibility index (Phi) is 8.16. The first-order valence-electron chi connectivity index (χ1n) is 9.77. The molecule has 3 aromatic rings. The molecule has 1 N–H and O–H groups in total. The van der Waals surface area contributed by atoms with Crippen molar-refractivity contribution in [3.05, 3.63) is 96.1 Å². The average molecular weight is 430 g/mol. The molecule has 7 heteroatoms. The van der Waals surface area contributed by atoms with Crippen LogP contribution >= 0.6 is 0 Å². The van der Waals surface area contributed by atoms with E-state index in [-0.39, 0.29) is 6.61 Å². The summed E-state index contributed by atoms with van der Waals surface area (Å²) < 4.78 is 15.9. The summed E-state index contributed by atoms with van der Waals surface area (Å²) in [6, 6.07) is 23.2. The Morgan fingerprint density at radius 1 is 0.875 bits per heavy atom. The maximum absolute atomic E-state index is 11.9. The van der Waals surface area contributed by atoms with Crippen LogP contribution in [-0.4, -0.2) is 31.8 Å². The topological polar surface area (TPSA) is 86.2 Å². The highest BCUT2D eigenvalue weighted by atomic mass is 16.5. The van der Waals surface area contributed by atoms with Gasteiger partial charge in [0.1, 0.15) is 5.75 Å². The van der Waals surface area contributed by atoms with Crippen LogP contribution < -0.4 is 19.6 Å². The van der Waals surface area contributed by atoms with E-state index in [2.05, 4.69) is 10.5 Å². The van der Waals surface area contributed by atoms with Gasteiger partial charge in [0.05, 0.1) is 13.3 Å². The summed E-state index contributed by atoms with van der Waals surface area (Å²) >= 11 is 0. The second-order valence-corrected chi connectivity index (χ2v) is 6.47. The molecule has 0 aliphatic carbocycles. The largest absolute Gasteiger partial charge is 0.493 e. The zero-order chi connectivity index (χ0) is 22.6. The molecule has 7 nitrogen and oxygen atoms in total. The molecule has 0 unspecified atom stereocenters. The number of nitrogens with one attached hydrogen (secondary N) is 1. The van der Waals surface area contributed by atoms with E-state index in [1.807, 2.05) is 36.4 Å². The summed E-state index contributed by atoms with van der Waals surface area (Å²) in [5.74, 6) is 0.526. The molecule has 3 rings (SSSR count). The number of para-hydroxylation sites is 2. The third kappa shape index (κ3) is 7.14. The van der Waals surface area contributed by atoms with Gasteiger partial charge in [0.25, 0.3) is 5.91 Å². The first-order valence-corrected chi connectivity index (χ1v) is 9.77. The number of nitrogens with zero attached hydrogens (tertiary/aromatic N) is 1. The monoisotopic (exact) mass is 430 g/mol. The van der Waals surface area contributed by atoms with E-state index in [9.17, 15) is 9.59 Å². The van der Waals surface area contributed by atoms with Crippen LogP contribution in [0.2, 0.25) is 0 Å². The minimum Gasteiger partial charge on any atom is -0.493 e. The number of hydrogen-bond acceptors (Lipinski definition) is 6. The van der Waals surface area contributed by atoms with Gasteiger partial charge in [0.15, 0.2) is 18.1 Å². The highest BCUT2D eigenvalue weighted by Gasteiger charge is 2.06. The number of methoxy groups -OCH3 is 1. The third-order valence-electron chi connectivity index (χ3n) is 4.14. The van der Waals surface area contributed by atoms with Crippen molar-refractivity contribution in [1.29, 1.82) is 0 Å². The molecule has 1 amide bonds. The number of hydrogen-bond donors (Lipinski definition) is 1. The van der Waals surface area contributed by atoms with Crippen LogP contribution in [0.15, 0.2) is 90.0 Å². The van der Waals surface area contributed by atoms with E-state index in [1.54, 1.807) is 48.5 Å². The van der Waals surface area contributed by atoms with Gasteiger partial charge >= 0.3 is 5.97 Å². The van der Waals surface area contributed by atoms with Crippen LogP contribution in [0.5, 0.6) is 17.2 Å². The second kappa shape index (κ2) is 11.7. The molecule has 0 atom stereocenters. The molecule has 0 bridgehead atoms. The number of benzene rings is 3. The summed E-state index contributed by atoms with van der Waals surface area (Å²) in [5.41, 5.74) is 4.01. The normalized spacial score (nSPS) is 10.8. The molecule has 0 saturated carbocycles. The third-order valence-corrected chi connectivity index (χ3v) is 4.14. The average Bonchev–Trinajstić information content (AvgIpc) is 2.83. The summed E-state index contributed by atoms with van der Waals surface area (Å²) in [5, 5.41) is 3.90. The minimum atomic E-state index is -0.474. The summed E-state index contributed by atoms with van der Waals surface area (Å²) in [4.78, 5) is 23.8. The van der Waals surface area contributed by atoms with E-state index in [0.717, 1.165) is 11.1 Å². The molecule has 0 saturated heterocycles. The Labute approximate surface area is 185 Å². The molecular formula is C25H22N2O5. The molecule has 0 aliphatic heterocycles. The van der Waals surface area contributed by atoms with Crippen LogP contribution in [0.1, 0.15) is 11.1 Å². The summed E-state index contributed by atoms with van der Waals surface area (Å²) in [6.07, 6.45) is 4.53. The van der Waals surface area contributed by atoms with Crippen LogP contribution in [0.25, 0.3) is 6.08 Å². The molecule has 3 aromatic carbocycles. The lowest BCUT2D eigenvalue weighted by Crippen LogP contribution is -2.24. The van der Waals surface area contributed by atoms with E-state index < -0.39 is 11.9 Å². The molecule has 0 fully saturated rings. The molecule has 0 aromatic heterocycles. The number of esters is 1. The van der Waals surface area contributed by atoms with Gasteiger partial charge in [-0.2, -0.15) is 5.10 Å². The van der Waals surface area contributed by atoms with Crippen molar-refractivity contribution in [2.24, 2.45) is 5.10 Å². The fourth-order valence-corrected chi connectivity index (χ4v) is 2.59. The number of hydrazone groups is 1. The molecule has 32 heavy (non-hydrogen) atoms. The number of rotatable bonds is 9. The first kappa shape index (κ1) is 22.3. The summed E-state index contributed by atoms with van der Waals surface area (Å²) in [7, 11) is 1.53. The van der Waals surface area contributed by atoms with Crippen molar-refractivity contribution in [3.8, 4) is 17.2 Å². The molecule has 162 valence electrons. The number of ether oxygens (including phenoxy) is 3. The Hall–Kier alpha value is -4.39.